The summed E-state index contributed by atoms with van der Waals surface area (Å²) in [6.07, 6.45) is 1.51. The van der Waals surface area contributed by atoms with Crippen LogP contribution in [0.5, 0.6) is 5.75 Å². The molecular formula is C25H37IN4O3. The lowest BCUT2D eigenvalue weighted by molar-refractivity contribution is 0.0331. The molecule has 1 aliphatic rings. The number of anilines is 1. The zero-order valence-electron chi connectivity index (χ0n) is 19.6. The molecule has 1 aliphatic heterocycles. The third kappa shape index (κ3) is 9.02. The van der Waals surface area contributed by atoms with Gasteiger partial charge in [0.2, 0.25) is 0 Å². The summed E-state index contributed by atoms with van der Waals surface area (Å²) in [7, 11) is 1.71. The average Bonchev–Trinajstić information content (AvgIpc) is 2.83. The minimum atomic E-state index is -0.648. The lowest BCUT2D eigenvalue weighted by Crippen LogP contribution is -2.51. The van der Waals surface area contributed by atoms with Gasteiger partial charge < -0.3 is 30.1 Å². The van der Waals surface area contributed by atoms with Crippen LogP contribution in [-0.4, -0.2) is 63.1 Å². The molecule has 7 nitrogen and oxygen atoms in total. The van der Waals surface area contributed by atoms with Gasteiger partial charge in [-0.15, -0.1) is 24.0 Å². The molecule has 0 spiro atoms. The summed E-state index contributed by atoms with van der Waals surface area (Å²) in [6.45, 7) is 5.70. The molecule has 182 valence electrons. The molecule has 2 aromatic carbocycles. The molecule has 2 atom stereocenters. The van der Waals surface area contributed by atoms with Crippen molar-refractivity contribution in [1.29, 1.82) is 0 Å². The molecule has 8 heteroatoms. The first-order valence-electron chi connectivity index (χ1n) is 11.4. The maximum atomic E-state index is 10.3. The largest absolute Gasteiger partial charge is 0.495 e. The molecule has 3 N–H and O–H groups in total. The van der Waals surface area contributed by atoms with Crippen LogP contribution in [0.3, 0.4) is 0 Å². The fraction of sp³-hybridized carbons (Fsp3) is 0.480. The summed E-state index contributed by atoms with van der Waals surface area (Å²) in [5.74, 6) is 1.62. The minimum Gasteiger partial charge on any atom is -0.495 e. The molecule has 1 heterocycles. The topological polar surface area (TPSA) is 78.4 Å². The van der Waals surface area contributed by atoms with E-state index >= 15 is 0 Å². The van der Waals surface area contributed by atoms with Crippen LogP contribution in [0.15, 0.2) is 59.6 Å². The van der Waals surface area contributed by atoms with Gasteiger partial charge in [-0.2, -0.15) is 0 Å². The van der Waals surface area contributed by atoms with E-state index in [0.717, 1.165) is 55.4 Å². The highest BCUT2D eigenvalue weighted by Gasteiger charge is 2.23. The SMILES string of the molecule is CCNC(=NCC(O)COCc1ccccc1)NC1CCCN(c2ccccc2OC)C1.I. The van der Waals surface area contributed by atoms with Crippen molar-refractivity contribution in [2.75, 3.05) is 44.8 Å². The van der Waals surface area contributed by atoms with Crippen molar-refractivity contribution in [2.45, 2.75) is 38.5 Å². The Hall–Kier alpha value is -2.04. The number of aliphatic hydroxyl groups is 1. The van der Waals surface area contributed by atoms with Gasteiger partial charge in [0.25, 0.3) is 0 Å². The molecule has 0 radical (unpaired) electrons. The van der Waals surface area contributed by atoms with Crippen molar-refractivity contribution < 1.29 is 14.6 Å². The van der Waals surface area contributed by atoms with Crippen molar-refractivity contribution >= 4 is 35.6 Å². The second-order valence-electron chi connectivity index (χ2n) is 7.98. The molecule has 0 amide bonds. The van der Waals surface area contributed by atoms with Crippen molar-refractivity contribution in [3.8, 4) is 5.75 Å². The highest BCUT2D eigenvalue weighted by molar-refractivity contribution is 14.0. The number of aliphatic hydroxyl groups excluding tert-OH is 1. The number of nitrogens with one attached hydrogen (secondary N) is 2. The van der Waals surface area contributed by atoms with Gasteiger partial charge in [-0.3, -0.25) is 4.99 Å². The first-order chi connectivity index (χ1) is 15.7. The van der Waals surface area contributed by atoms with Crippen molar-refractivity contribution in [1.82, 2.24) is 10.6 Å². The van der Waals surface area contributed by atoms with Crippen LogP contribution in [0.4, 0.5) is 5.69 Å². The highest BCUT2D eigenvalue weighted by Crippen LogP contribution is 2.29. The van der Waals surface area contributed by atoms with E-state index in [4.69, 9.17) is 9.47 Å². The Bertz CT molecular complexity index is 837. The van der Waals surface area contributed by atoms with Gasteiger partial charge in [0.15, 0.2) is 5.96 Å². The number of hydrogen-bond acceptors (Lipinski definition) is 5. The Morgan fingerprint density at radius 1 is 1.18 bits per heavy atom. The van der Waals surface area contributed by atoms with E-state index in [1.54, 1.807) is 7.11 Å². The van der Waals surface area contributed by atoms with E-state index in [0.29, 0.717) is 6.61 Å². The summed E-state index contributed by atoms with van der Waals surface area (Å²) in [6, 6.07) is 18.4. The predicted molar refractivity (Wildman–Crippen MR) is 145 cm³/mol. The lowest BCUT2D eigenvalue weighted by atomic mass is 10.0. The average molecular weight is 569 g/mol. The quantitative estimate of drug-likeness (QED) is 0.232. The molecule has 2 aromatic rings. The smallest absolute Gasteiger partial charge is 0.191 e. The number of benzene rings is 2. The maximum Gasteiger partial charge on any atom is 0.191 e. The summed E-state index contributed by atoms with van der Waals surface area (Å²) in [5, 5.41) is 17.1. The molecule has 33 heavy (non-hydrogen) atoms. The van der Waals surface area contributed by atoms with Crippen LogP contribution in [0, 0.1) is 0 Å². The van der Waals surface area contributed by atoms with Crippen molar-refractivity contribution in [3.63, 3.8) is 0 Å². The van der Waals surface area contributed by atoms with Crippen LogP contribution in [0.25, 0.3) is 0 Å². The minimum absolute atomic E-state index is 0. The maximum absolute atomic E-state index is 10.3. The molecule has 2 unspecified atom stereocenters. The van der Waals surface area contributed by atoms with E-state index < -0.39 is 6.10 Å². The lowest BCUT2D eigenvalue weighted by Gasteiger charge is -2.36. The number of rotatable bonds is 10. The normalized spacial score (nSPS) is 17.1. The van der Waals surface area contributed by atoms with Crippen molar-refractivity contribution in [2.24, 2.45) is 4.99 Å². The molecule has 3 rings (SSSR count). The Morgan fingerprint density at radius 3 is 2.70 bits per heavy atom. The summed E-state index contributed by atoms with van der Waals surface area (Å²) < 4.78 is 11.2. The van der Waals surface area contributed by atoms with Crippen LogP contribution in [0.2, 0.25) is 0 Å². The van der Waals surface area contributed by atoms with E-state index in [-0.39, 0.29) is 43.2 Å². The second-order valence-corrected chi connectivity index (χ2v) is 7.98. The number of guanidine groups is 1. The summed E-state index contributed by atoms with van der Waals surface area (Å²) in [5.41, 5.74) is 2.21. The predicted octanol–water partition coefficient (Wildman–Crippen LogP) is 3.41. The van der Waals surface area contributed by atoms with E-state index in [9.17, 15) is 5.11 Å². The number of nitrogens with zero attached hydrogens (tertiary/aromatic N) is 2. The fourth-order valence-electron chi connectivity index (χ4n) is 3.85. The molecule has 0 aliphatic carbocycles. The Labute approximate surface area is 214 Å². The summed E-state index contributed by atoms with van der Waals surface area (Å²) in [4.78, 5) is 6.94. The number of aliphatic imine (C=N–C) groups is 1. The zero-order chi connectivity index (χ0) is 22.6. The third-order valence-corrected chi connectivity index (χ3v) is 5.41. The van der Waals surface area contributed by atoms with Gasteiger partial charge in [0.05, 0.1) is 38.7 Å². The third-order valence-electron chi connectivity index (χ3n) is 5.41. The van der Waals surface area contributed by atoms with Gasteiger partial charge >= 0.3 is 0 Å². The number of ether oxygens (including phenoxy) is 2. The first-order valence-corrected chi connectivity index (χ1v) is 11.4. The van der Waals surface area contributed by atoms with Crippen LogP contribution >= 0.6 is 24.0 Å². The molecule has 1 fully saturated rings. The van der Waals surface area contributed by atoms with Crippen LogP contribution < -0.4 is 20.3 Å². The van der Waals surface area contributed by atoms with E-state index in [2.05, 4.69) is 26.6 Å². The van der Waals surface area contributed by atoms with Gasteiger partial charge in [-0.05, 0) is 37.5 Å². The molecule has 0 saturated carbocycles. The van der Waals surface area contributed by atoms with Crippen LogP contribution in [-0.2, 0) is 11.3 Å². The van der Waals surface area contributed by atoms with E-state index in [1.807, 2.05) is 55.5 Å². The number of methoxy groups -OCH3 is 1. The van der Waals surface area contributed by atoms with Crippen LogP contribution in [0.1, 0.15) is 25.3 Å². The van der Waals surface area contributed by atoms with Crippen molar-refractivity contribution in [3.05, 3.63) is 60.2 Å². The Kier molecular flexibility index (Phi) is 12.3. The second kappa shape index (κ2) is 15.0. The summed E-state index contributed by atoms with van der Waals surface area (Å²) >= 11 is 0. The van der Waals surface area contributed by atoms with Gasteiger partial charge in [-0.25, -0.2) is 0 Å². The van der Waals surface area contributed by atoms with Gasteiger partial charge in [0, 0.05) is 25.7 Å². The Balaban J connectivity index is 0.00000385. The first kappa shape index (κ1) is 27.2. The number of hydrogen-bond donors (Lipinski definition) is 3. The standard InChI is InChI=1S/C25H36N4O3.HI/c1-3-26-25(27-16-22(30)19-32-18-20-10-5-4-6-11-20)28-21-12-9-15-29(17-21)23-13-7-8-14-24(23)31-2;/h4-8,10-11,13-14,21-22,30H,3,9,12,15-19H2,1-2H3,(H2,26,27,28);1H. The highest BCUT2D eigenvalue weighted by atomic mass is 127. The fourth-order valence-corrected chi connectivity index (χ4v) is 3.85. The Morgan fingerprint density at radius 2 is 1.94 bits per heavy atom. The van der Waals surface area contributed by atoms with E-state index in [1.165, 1.54) is 0 Å². The molecule has 1 saturated heterocycles. The number of halogens is 1. The number of piperidine rings is 1. The number of para-hydroxylation sites is 2. The zero-order valence-corrected chi connectivity index (χ0v) is 21.9. The molecular weight excluding hydrogens is 531 g/mol. The van der Waals surface area contributed by atoms with Gasteiger partial charge in [-0.1, -0.05) is 42.5 Å². The molecule has 0 aromatic heterocycles. The van der Waals surface area contributed by atoms with Gasteiger partial charge in [0.1, 0.15) is 5.75 Å². The monoisotopic (exact) mass is 568 g/mol. The molecule has 0 bridgehead atoms.